The monoisotopic (exact) mass is 311 g/mol. The number of aromatic nitrogens is 1. The SMILES string of the molecule is Cc1ccc(OC2CCC(NC(=O)NCCCl)CC2)nc1. The molecule has 1 fully saturated rings. The van der Waals surface area contributed by atoms with Gasteiger partial charge in [-0.1, -0.05) is 6.07 Å². The fourth-order valence-electron chi connectivity index (χ4n) is 2.42. The van der Waals surface area contributed by atoms with Gasteiger partial charge in [0.05, 0.1) is 0 Å². The zero-order valence-electron chi connectivity index (χ0n) is 12.3. The van der Waals surface area contributed by atoms with Crippen molar-refractivity contribution >= 4 is 17.6 Å². The van der Waals surface area contributed by atoms with E-state index in [9.17, 15) is 4.79 Å². The molecule has 1 aliphatic carbocycles. The number of ether oxygens (including phenoxy) is 1. The number of rotatable bonds is 5. The number of hydrogen-bond donors (Lipinski definition) is 2. The lowest BCUT2D eigenvalue weighted by molar-refractivity contribution is 0.135. The first-order valence-corrected chi connectivity index (χ1v) is 7.90. The minimum Gasteiger partial charge on any atom is -0.474 e. The Bertz CT molecular complexity index is 445. The number of hydrogen-bond acceptors (Lipinski definition) is 3. The molecule has 2 N–H and O–H groups in total. The highest BCUT2D eigenvalue weighted by atomic mass is 35.5. The van der Waals surface area contributed by atoms with Crippen molar-refractivity contribution in [1.29, 1.82) is 0 Å². The Morgan fingerprint density at radius 1 is 1.38 bits per heavy atom. The molecule has 1 aromatic heterocycles. The van der Waals surface area contributed by atoms with Crippen molar-refractivity contribution in [2.45, 2.75) is 44.8 Å². The minimum atomic E-state index is -0.139. The molecular formula is C15H22ClN3O2. The molecule has 0 radical (unpaired) electrons. The number of pyridine rings is 1. The number of halogens is 1. The average Bonchev–Trinajstić information content (AvgIpc) is 2.49. The summed E-state index contributed by atoms with van der Waals surface area (Å²) in [5.74, 6) is 1.11. The molecule has 1 aliphatic rings. The third-order valence-electron chi connectivity index (χ3n) is 3.56. The quantitative estimate of drug-likeness (QED) is 0.822. The number of urea groups is 1. The molecule has 6 heteroatoms. The van der Waals surface area contributed by atoms with Crippen molar-refractivity contribution in [3.05, 3.63) is 23.9 Å². The Morgan fingerprint density at radius 2 is 2.14 bits per heavy atom. The third-order valence-corrected chi connectivity index (χ3v) is 3.75. The summed E-state index contributed by atoms with van der Waals surface area (Å²) in [7, 11) is 0. The highest BCUT2D eigenvalue weighted by Gasteiger charge is 2.23. The molecule has 0 saturated heterocycles. The summed E-state index contributed by atoms with van der Waals surface area (Å²) in [4.78, 5) is 15.8. The maximum absolute atomic E-state index is 11.6. The number of carbonyl (C=O) groups is 1. The van der Waals surface area contributed by atoms with Gasteiger partial charge < -0.3 is 15.4 Å². The van der Waals surface area contributed by atoms with Crippen LogP contribution in [-0.4, -0.2) is 35.6 Å². The Labute approximate surface area is 130 Å². The van der Waals surface area contributed by atoms with Gasteiger partial charge >= 0.3 is 6.03 Å². The molecule has 1 saturated carbocycles. The van der Waals surface area contributed by atoms with Crippen molar-refractivity contribution in [3.8, 4) is 5.88 Å². The number of aryl methyl sites for hydroxylation is 1. The van der Waals surface area contributed by atoms with Crippen LogP contribution in [0.25, 0.3) is 0 Å². The Morgan fingerprint density at radius 3 is 2.76 bits per heavy atom. The van der Waals surface area contributed by atoms with E-state index in [2.05, 4.69) is 15.6 Å². The van der Waals surface area contributed by atoms with Crippen LogP contribution in [-0.2, 0) is 0 Å². The van der Waals surface area contributed by atoms with Crippen LogP contribution < -0.4 is 15.4 Å². The molecular weight excluding hydrogens is 290 g/mol. The van der Waals surface area contributed by atoms with E-state index in [0.717, 1.165) is 31.2 Å². The lowest BCUT2D eigenvalue weighted by Gasteiger charge is -2.29. The Kier molecular flexibility index (Phi) is 6.11. The van der Waals surface area contributed by atoms with E-state index in [-0.39, 0.29) is 18.2 Å². The van der Waals surface area contributed by atoms with Crippen molar-refractivity contribution in [3.63, 3.8) is 0 Å². The van der Waals surface area contributed by atoms with Crippen molar-refractivity contribution in [2.75, 3.05) is 12.4 Å². The summed E-state index contributed by atoms with van der Waals surface area (Å²) in [6.45, 7) is 2.49. The predicted molar refractivity (Wildman–Crippen MR) is 82.9 cm³/mol. The molecule has 0 aliphatic heterocycles. The summed E-state index contributed by atoms with van der Waals surface area (Å²) in [5.41, 5.74) is 1.12. The molecule has 0 bridgehead atoms. The standard InChI is InChI=1S/C15H22ClN3O2/c1-11-2-7-14(18-10-11)21-13-5-3-12(4-6-13)19-15(20)17-9-8-16/h2,7,10,12-13H,3-6,8-9H2,1H3,(H2,17,19,20). The molecule has 0 unspecified atom stereocenters. The summed E-state index contributed by atoms with van der Waals surface area (Å²) in [5, 5.41) is 5.68. The molecule has 0 aromatic carbocycles. The van der Waals surface area contributed by atoms with Gasteiger partial charge in [-0.15, -0.1) is 11.6 Å². The van der Waals surface area contributed by atoms with Crippen LogP contribution in [0.4, 0.5) is 4.79 Å². The van der Waals surface area contributed by atoms with Crippen molar-refractivity contribution in [2.24, 2.45) is 0 Å². The van der Waals surface area contributed by atoms with Crippen molar-refractivity contribution < 1.29 is 9.53 Å². The van der Waals surface area contributed by atoms with Crippen LogP contribution in [0, 0.1) is 6.92 Å². The van der Waals surface area contributed by atoms with Crippen LogP contribution in [0.3, 0.4) is 0 Å². The van der Waals surface area contributed by atoms with Crippen LogP contribution in [0.2, 0.25) is 0 Å². The molecule has 2 amide bonds. The number of amides is 2. The fraction of sp³-hybridized carbons (Fsp3) is 0.600. The predicted octanol–water partition coefficient (Wildman–Crippen LogP) is 2.62. The zero-order chi connectivity index (χ0) is 15.1. The van der Waals surface area contributed by atoms with E-state index in [0.29, 0.717) is 18.3 Å². The lowest BCUT2D eigenvalue weighted by Crippen LogP contribution is -2.45. The third kappa shape index (κ3) is 5.42. The molecule has 1 heterocycles. The first-order valence-electron chi connectivity index (χ1n) is 7.37. The molecule has 116 valence electrons. The lowest BCUT2D eigenvalue weighted by atomic mass is 9.93. The molecule has 0 spiro atoms. The molecule has 5 nitrogen and oxygen atoms in total. The Balaban J connectivity index is 1.70. The van der Waals surface area contributed by atoms with Crippen LogP contribution >= 0.6 is 11.6 Å². The summed E-state index contributed by atoms with van der Waals surface area (Å²) in [6.07, 6.45) is 5.69. The van der Waals surface area contributed by atoms with Gasteiger partial charge in [0.2, 0.25) is 5.88 Å². The van der Waals surface area contributed by atoms with Gasteiger partial charge in [-0.05, 0) is 38.2 Å². The summed E-state index contributed by atoms with van der Waals surface area (Å²) >= 11 is 5.53. The Hall–Kier alpha value is -1.49. The van der Waals surface area contributed by atoms with Gasteiger partial charge in [-0.25, -0.2) is 9.78 Å². The zero-order valence-corrected chi connectivity index (χ0v) is 13.0. The summed E-state index contributed by atoms with van der Waals surface area (Å²) < 4.78 is 5.87. The van der Waals surface area contributed by atoms with Gasteiger partial charge in [0.15, 0.2) is 0 Å². The fourth-order valence-corrected chi connectivity index (χ4v) is 2.51. The van der Waals surface area contributed by atoms with Gasteiger partial charge in [0.1, 0.15) is 6.10 Å². The van der Waals surface area contributed by atoms with E-state index in [4.69, 9.17) is 16.3 Å². The van der Waals surface area contributed by atoms with Crippen LogP contribution in [0.15, 0.2) is 18.3 Å². The van der Waals surface area contributed by atoms with Gasteiger partial charge in [0, 0.05) is 30.7 Å². The second-order valence-corrected chi connectivity index (χ2v) is 5.73. The molecule has 21 heavy (non-hydrogen) atoms. The highest BCUT2D eigenvalue weighted by Crippen LogP contribution is 2.22. The molecule has 0 atom stereocenters. The van der Waals surface area contributed by atoms with Crippen LogP contribution in [0.5, 0.6) is 5.88 Å². The topological polar surface area (TPSA) is 63.2 Å². The summed E-state index contributed by atoms with van der Waals surface area (Å²) in [6, 6.07) is 3.97. The van der Waals surface area contributed by atoms with Crippen molar-refractivity contribution in [1.82, 2.24) is 15.6 Å². The largest absolute Gasteiger partial charge is 0.474 e. The first-order chi connectivity index (χ1) is 10.2. The van der Waals surface area contributed by atoms with E-state index >= 15 is 0 Å². The number of carbonyl (C=O) groups excluding carboxylic acids is 1. The highest BCUT2D eigenvalue weighted by molar-refractivity contribution is 6.18. The number of alkyl halides is 1. The van der Waals surface area contributed by atoms with E-state index in [1.807, 2.05) is 25.3 Å². The van der Waals surface area contributed by atoms with Gasteiger partial charge in [-0.2, -0.15) is 0 Å². The maximum atomic E-state index is 11.6. The smallest absolute Gasteiger partial charge is 0.315 e. The van der Waals surface area contributed by atoms with Crippen LogP contribution in [0.1, 0.15) is 31.2 Å². The average molecular weight is 312 g/mol. The van der Waals surface area contributed by atoms with E-state index in [1.54, 1.807) is 0 Å². The number of nitrogens with one attached hydrogen (secondary N) is 2. The first kappa shape index (κ1) is 15.9. The molecule has 1 aromatic rings. The molecule has 2 rings (SSSR count). The van der Waals surface area contributed by atoms with E-state index < -0.39 is 0 Å². The number of nitrogens with zero attached hydrogens (tertiary/aromatic N) is 1. The minimum absolute atomic E-state index is 0.139. The maximum Gasteiger partial charge on any atom is 0.315 e. The van der Waals surface area contributed by atoms with Gasteiger partial charge in [-0.3, -0.25) is 0 Å². The second kappa shape index (κ2) is 8.08. The van der Waals surface area contributed by atoms with Gasteiger partial charge in [0.25, 0.3) is 0 Å². The van der Waals surface area contributed by atoms with E-state index in [1.165, 1.54) is 0 Å². The second-order valence-electron chi connectivity index (χ2n) is 5.35. The normalized spacial score (nSPS) is 21.6.